The monoisotopic (exact) mass is 746 g/mol. The van der Waals surface area contributed by atoms with Crippen LogP contribution in [0, 0.1) is 0 Å². The molecule has 2 nitrogen and oxygen atoms in total. The predicted octanol–water partition coefficient (Wildman–Crippen LogP) is 15.3. The van der Waals surface area contributed by atoms with Gasteiger partial charge < -0.3 is 9.80 Å². The first kappa shape index (κ1) is 33.0. The van der Waals surface area contributed by atoms with Gasteiger partial charge in [-0.05, 0) is 131 Å². The van der Waals surface area contributed by atoms with Gasteiger partial charge in [-0.15, -0.1) is 0 Å². The molecule has 9 aromatic rings. The van der Waals surface area contributed by atoms with Crippen LogP contribution >= 0.6 is 15.9 Å². The molecule has 0 aliphatic rings. The number of anilines is 6. The lowest BCUT2D eigenvalue weighted by atomic mass is 9.86. The van der Waals surface area contributed by atoms with E-state index >= 15 is 0 Å². The van der Waals surface area contributed by atoms with Crippen molar-refractivity contribution in [3.8, 4) is 0 Å². The van der Waals surface area contributed by atoms with Gasteiger partial charge in [0.05, 0.1) is 15.8 Å². The summed E-state index contributed by atoms with van der Waals surface area (Å²) in [7, 11) is 0. The van der Waals surface area contributed by atoms with Gasteiger partial charge in [0.1, 0.15) is 0 Å². The van der Waals surface area contributed by atoms with E-state index in [0.29, 0.717) is 0 Å². The highest BCUT2D eigenvalue weighted by molar-refractivity contribution is 9.10. The van der Waals surface area contributed by atoms with Crippen LogP contribution in [-0.4, -0.2) is 0 Å². The van der Waals surface area contributed by atoms with E-state index in [4.69, 9.17) is 0 Å². The molecule has 0 N–H and O–H groups in total. The van der Waals surface area contributed by atoms with E-state index in [2.05, 4.69) is 228 Å². The van der Waals surface area contributed by atoms with Crippen molar-refractivity contribution in [2.45, 2.75) is 26.2 Å². The summed E-state index contributed by atoms with van der Waals surface area (Å²) in [5.74, 6) is 0. The van der Waals surface area contributed by atoms with Crippen molar-refractivity contribution in [2.75, 3.05) is 9.80 Å². The zero-order valence-corrected chi connectivity index (χ0v) is 31.7. The number of hydrogen-bond acceptors (Lipinski definition) is 2. The van der Waals surface area contributed by atoms with Crippen LogP contribution in [0.15, 0.2) is 186 Å². The topological polar surface area (TPSA) is 6.48 Å². The highest BCUT2D eigenvalue weighted by Gasteiger charge is 2.27. The van der Waals surface area contributed by atoms with Gasteiger partial charge in [0.15, 0.2) is 0 Å². The number of fused-ring (bicyclic) bond motifs is 4. The van der Waals surface area contributed by atoms with Crippen LogP contribution < -0.4 is 9.80 Å². The molecule has 3 heteroatoms. The molecule has 0 fully saturated rings. The molecule has 0 unspecified atom stereocenters. The lowest BCUT2D eigenvalue weighted by Gasteiger charge is -2.34. The second-order valence-electron chi connectivity index (χ2n) is 14.9. The summed E-state index contributed by atoms with van der Waals surface area (Å²) in [5, 5.41) is 9.68. The Labute approximate surface area is 319 Å². The lowest BCUT2D eigenvalue weighted by molar-refractivity contribution is 0.590. The Bertz CT molecular complexity index is 2470. The summed E-state index contributed by atoms with van der Waals surface area (Å²) in [6.07, 6.45) is 0. The minimum atomic E-state index is -0.138. The minimum absolute atomic E-state index is 0.138. The second kappa shape index (κ2) is 13.3. The van der Waals surface area contributed by atoms with Gasteiger partial charge in [-0.1, -0.05) is 142 Å². The molecule has 0 spiro atoms. The van der Waals surface area contributed by atoms with Crippen molar-refractivity contribution < 1.29 is 0 Å². The molecule has 9 rings (SSSR count). The van der Waals surface area contributed by atoms with E-state index < -0.39 is 0 Å². The molecule has 0 saturated carbocycles. The number of rotatable bonds is 6. The SMILES string of the molecule is CC(C)(C)c1cc(N(c2ccc3ccccc3c2)c2ccc3ccccc3c2)c(Br)c(N(c2ccc3ccccc3c2)c2ccc3ccccc3c2)c1. The highest BCUT2D eigenvalue weighted by Crippen LogP contribution is 2.50. The lowest BCUT2D eigenvalue weighted by Crippen LogP contribution is -2.18. The second-order valence-corrected chi connectivity index (χ2v) is 15.7. The zero-order valence-electron chi connectivity index (χ0n) is 30.1. The first-order chi connectivity index (χ1) is 25.8. The third-order valence-electron chi connectivity index (χ3n) is 10.3. The van der Waals surface area contributed by atoms with Crippen LogP contribution in [0.25, 0.3) is 43.1 Å². The standard InChI is InChI=1S/C50H39BrN2/c1-50(2,3)42-32-47(52(43-24-20-34-12-4-8-16-38(34)28-43)44-25-21-35-13-5-9-17-39(35)29-44)49(51)48(33-42)53(45-26-22-36-14-6-10-18-40(36)30-45)46-27-23-37-15-7-11-19-41(37)31-46/h4-33H,1-3H3. The third kappa shape index (κ3) is 6.22. The smallest absolute Gasteiger partial charge is 0.0657 e. The fourth-order valence-electron chi connectivity index (χ4n) is 7.47. The quantitative estimate of drug-likeness (QED) is 0.167. The largest absolute Gasteiger partial charge is 0.309 e. The van der Waals surface area contributed by atoms with E-state index in [1.165, 1.54) is 48.7 Å². The fourth-order valence-corrected chi connectivity index (χ4v) is 8.05. The molecule has 0 heterocycles. The molecule has 0 saturated heterocycles. The summed E-state index contributed by atoms with van der Waals surface area (Å²) in [5.41, 5.74) is 7.64. The average Bonchev–Trinajstić information content (AvgIpc) is 3.18. The summed E-state index contributed by atoms with van der Waals surface area (Å²) >= 11 is 4.29. The third-order valence-corrected chi connectivity index (χ3v) is 11.2. The summed E-state index contributed by atoms with van der Waals surface area (Å²) < 4.78 is 1.01. The molecule has 0 bridgehead atoms. The molecule has 53 heavy (non-hydrogen) atoms. The van der Waals surface area contributed by atoms with Crippen molar-refractivity contribution in [3.05, 3.63) is 192 Å². The summed E-state index contributed by atoms with van der Waals surface area (Å²) in [6.45, 7) is 6.91. The molecular weight excluding hydrogens is 708 g/mol. The van der Waals surface area contributed by atoms with Gasteiger partial charge in [0.25, 0.3) is 0 Å². The van der Waals surface area contributed by atoms with E-state index in [-0.39, 0.29) is 5.41 Å². The van der Waals surface area contributed by atoms with Crippen LogP contribution in [-0.2, 0) is 5.41 Å². The van der Waals surface area contributed by atoms with Gasteiger partial charge in [-0.2, -0.15) is 0 Å². The Morgan fingerprint density at radius 1 is 0.340 bits per heavy atom. The summed E-state index contributed by atoms with van der Waals surface area (Å²) in [4.78, 5) is 4.83. The van der Waals surface area contributed by atoms with Crippen LogP contribution in [0.2, 0.25) is 0 Å². The molecule has 9 aromatic carbocycles. The van der Waals surface area contributed by atoms with Gasteiger partial charge in [-0.25, -0.2) is 0 Å². The van der Waals surface area contributed by atoms with Crippen LogP contribution in [0.3, 0.4) is 0 Å². The molecular formula is C50H39BrN2. The number of halogens is 1. The molecule has 0 atom stereocenters. The molecule has 0 amide bonds. The van der Waals surface area contributed by atoms with Crippen LogP contribution in [0.4, 0.5) is 34.1 Å². The Hall–Kier alpha value is -5.90. The maximum Gasteiger partial charge on any atom is 0.0657 e. The van der Waals surface area contributed by atoms with E-state index in [0.717, 1.165) is 38.6 Å². The average molecular weight is 748 g/mol. The molecule has 0 aliphatic carbocycles. The van der Waals surface area contributed by atoms with Gasteiger partial charge in [0, 0.05) is 22.7 Å². The van der Waals surface area contributed by atoms with Crippen LogP contribution in [0.1, 0.15) is 26.3 Å². The first-order valence-electron chi connectivity index (χ1n) is 18.2. The Balaban J connectivity index is 1.34. The Kier molecular flexibility index (Phi) is 8.25. The van der Waals surface area contributed by atoms with Crippen molar-refractivity contribution in [2.24, 2.45) is 0 Å². The van der Waals surface area contributed by atoms with Crippen molar-refractivity contribution in [3.63, 3.8) is 0 Å². The fraction of sp³-hybridized carbons (Fsp3) is 0.0800. The molecule has 0 aromatic heterocycles. The van der Waals surface area contributed by atoms with Crippen LogP contribution in [0.5, 0.6) is 0 Å². The highest BCUT2D eigenvalue weighted by atomic mass is 79.9. The minimum Gasteiger partial charge on any atom is -0.309 e. The molecule has 256 valence electrons. The van der Waals surface area contributed by atoms with E-state index in [1.807, 2.05) is 0 Å². The van der Waals surface area contributed by atoms with Gasteiger partial charge in [0.2, 0.25) is 0 Å². The number of hydrogen-bond donors (Lipinski definition) is 0. The van der Waals surface area contributed by atoms with Gasteiger partial charge in [-0.3, -0.25) is 0 Å². The Morgan fingerprint density at radius 3 is 0.868 bits per heavy atom. The van der Waals surface area contributed by atoms with Gasteiger partial charge >= 0.3 is 0 Å². The van der Waals surface area contributed by atoms with Crippen molar-refractivity contribution >= 4 is 93.1 Å². The van der Waals surface area contributed by atoms with Crippen molar-refractivity contribution in [1.82, 2.24) is 0 Å². The van der Waals surface area contributed by atoms with E-state index in [1.54, 1.807) is 0 Å². The molecule has 0 radical (unpaired) electrons. The number of nitrogens with zero attached hydrogens (tertiary/aromatic N) is 2. The number of benzene rings is 9. The normalized spacial score (nSPS) is 11.8. The maximum atomic E-state index is 4.29. The molecule has 0 aliphatic heterocycles. The summed E-state index contributed by atoms with van der Waals surface area (Å²) in [6, 6.07) is 66.3. The van der Waals surface area contributed by atoms with E-state index in [9.17, 15) is 0 Å². The van der Waals surface area contributed by atoms with Crippen molar-refractivity contribution in [1.29, 1.82) is 0 Å². The first-order valence-corrected chi connectivity index (χ1v) is 19.0. The Morgan fingerprint density at radius 2 is 0.604 bits per heavy atom. The predicted molar refractivity (Wildman–Crippen MR) is 232 cm³/mol. The zero-order chi connectivity index (χ0) is 36.1. The maximum absolute atomic E-state index is 4.29.